The fraction of sp³-hybridized carbons (Fsp3) is 0.944. The molecule has 4 bridgehead atoms. The first kappa shape index (κ1) is 14.0. The van der Waals surface area contributed by atoms with Crippen molar-refractivity contribution >= 4 is 5.91 Å². The molecule has 21 heavy (non-hydrogen) atoms. The summed E-state index contributed by atoms with van der Waals surface area (Å²) in [6, 6.07) is 0. The number of hydrogen-bond acceptors (Lipinski definition) is 2. The highest BCUT2D eigenvalue weighted by Crippen LogP contribution is 2.56. The Balaban J connectivity index is 1.39. The first-order chi connectivity index (χ1) is 10.2. The standard InChI is InChI=1S/C18H30N2O/c1-19-11-12-2-4-20(5-3-12)18(21)17-15-7-13-6-14(9-15)10-16(17)8-13/h12-17,19H,2-11H2,1H3. The molecular weight excluding hydrogens is 260 g/mol. The molecule has 1 saturated heterocycles. The van der Waals surface area contributed by atoms with Crippen molar-refractivity contribution in [3.63, 3.8) is 0 Å². The molecule has 4 saturated carbocycles. The van der Waals surface area contributed by atoms with Crippen molar-refractivity contribution in [2.75, 3.05) is 26.7 Å². The molecule has 0 aromatic heterocycles. The summed E-state index contributed by atoms with van der Waals surface area (Å²) < 4.78 is 0. The summed E-state index contributed by atoms with van der Waals surface area (Å²) >= 11 is 0. The third kappa shape index (κ3) is 2.52. The molecule has 0 spiro atoms. The zero-order valence-electron chi connectivity index (χ0n) is 13.4. The molecule has 1 aliphatic heterocycles. The number of hydrogen-bond donors (Lipinski definition) is 1. The Labute approximate surface area is 128 Å². The van der Waals surface area contributed by atoms with Gasteiger partial charge in [-0.3, -0.25) is 4.79 Å². The molecule has 5 aliphatic rings. The summed E-state index contributed by atoms with van der Waals surface area (Å²) in [6.45, 7) is 3.13. The van der Waals surface area contributed by atoms with E-state index in [1.54, 1.807) is 0 Å². The highest BCUT2D eigenvalue weighted by molar-refractivity contribution is 5.80. The first-order valence-electron chi connectivity index (χ1n) is 9.18. The number of likely N-dealkylation sites (tertiary alicyclic amines) is 1. The van der Waals surface area contributed by atoms with E-state index in [4.69, 9.17) is 0 Å². The van der Waals surface area contributed by atoms with Crippen molar-refractivity contribution in [2.45, 2.75) is 44.9 Å². The number of piperidine rings is 1. The van der Waals surface area contributed by atoms with Crippen molar-refractivity contribution in [2.24, 2.45) is 35.5 Å². The Bertz CT molecular complexity index is 372. The lowest BCUT2D eigenvalue weighted by atomic mass is 9.51. The van der Waals surface area contributed by atoms with Crippen LogP contribution in [0.5, 0.6) is 0 Å². The fourth-order valence-electron chi connectivity index (χ4n) is 6.19. The van der Waals surface area contributed by atoms with Crippen LogP contribution in [0, 0.1) is 35.5 Å². The van der Waals surface area contributed by atoms with Crippen LogP contribution < -0.4 is 5.32 Å². The van der Waals surface area contributed by atoms with Crippen molar-refractivity contribution in [1.29, 1.82) is 0 Å². The Morgan fingerprint density at radius 2 is 1.57 bits per heavy atom. The molecule has 0 radical (unpaired) electrons. The van der Waals surface area contributed by atoms with Gasteiger partial charge in [0.2, 0.25) is 5.91 Å². The van der Waals surface area contributed by atoms with Crippen LogP contribution in [0.25, 0.3) is 0 Å². The van der Waals surface area contributed by atoms with E-state index in [1.807, 2.05) is 7.05 Å². The van der Waals surface area contributed by atoms with Gasteiger partial charge in [0.1, 0.15) is 0 Å². The van der Waals surface area contributed by atoms with Crippen LogP contribution in [0.15, 0.2) is 0 Å². The van der Waals surface area contributed by atoms with E-state index in [1.165, 1.54) is 44.9 Å². The fourth-order valence-corrected chi connectivity index (χ4v) is 6.19. The van der Waals surface area contributed by atoms with Crippen molar-refractivity contribution < 1.29 is 4.79 Å². The largest absolute Gasteiger partial charge is 0.342 e. The molecule has 5 rings (SSSR count). The highest BCUT2D eigenvalue weighted by Gasteiger charge is 2.51. The minimum atomic E-state index is 0.402. The molecule has 5 fully saturated rings. The summed E-state index contributed by atoms with van der Waals surface area (Å²) in [5, 5.41) is 3.28. The summed E-state index contributed by atoms with van der Waals surface area (Å²) in [5.41, 5.74) is 0. The van der Waals surface area contributed by atoms with Gasteiger partial charge in [0.25, 0.3) is 0 Å². The summed E-state index contributed by atoms with van der Waals surface area (Å²) in [5.74, 6) is 5.13. The average Bonchev–Trinajstić information content (AvgIpc) is 2.47. The number of carbonyl (C=O) groups is 1. The van der Waals surface area contributed by atoms with Gasteiger partial charge in [-0.15, -0.1) is 0 Å². The molecule has 1 heterocycles. The second kappa shape index (κ2) is 5.57. The SMILES string of the molecule is CNCC1CCN(C(=O)C2C3CC4CC(C3)CC2C4)CC1. The lowest BCUT2D eigenvalue weighted by Crippen LogP contribution is -2.53. The predicted molar refractivity (Wildman–Crippen MR) is 83.8 cm³/mol. The maximum absolute atomic E-state index is 13.1. The van der Waals surface area contributed by atoms with E-state index >= 15 is 0 Å². The van der Waals surface area contributed by atoms with Crippen LogP contribution in [0.1, 0.15) is 44.9 Å². The van der Waals surface area contributed by atoms with E-state index in [-0.39, 0.29) is 0 Å². The van der Waals surface area contributed by atoms with Gasteiger partial charge in [0.15, 0.2) is 0 Å². The van der Waals surface area contributed by atoms with Crippen LogP contribution in [0.4, 0.5) is 0 Å². The maximum atomic E-state index is 13.1. The van der Waals surface area contributed by atoms with Crippen LogP contribution >= 0.6 is 0 Å². The minimum Gasteiger partial charge on any atom is -0.342 e. The van der Waals surface area contributed by atoms with Crippen molar-refractivity contribution in [1.82, 2.24) is 10.2 Å². The van der Waals surface area contributed by atoms with Gasteiger partial charge in [-0.1, -0.05) is 0 Å². The molecule has 0 aromatic carbocycles. The number of rotatable bonds is 3. The normalized spacial score (nSPS) is 42.5. The lowest BCUT2D eigenvalue weighted by molar-refractivity contribution is -0.150. The van der Waals surface area contributed by atoms with E-state index < -0.39 is 0 Å². The molecule has 0 atom stereocenters. The second-order valence-electron chi connectivity index (χ2n) is 8.28. The number of amides is 1. The Morgan fingerprint density at radius 1 is 1.00 bits per heavy atom. The topological polar surface area (TPSA) is 32.3 Å². The molecule has 0 aromatic rings. The molecule has 3 heteroatoms. The van der Waals surface area contributed by atoms with Crippen LogP contribution in [-0.2, 0) is 4.79 Å². The third-order valence-corrected chi connectivity index (χ3v) is 6.93. The Hall–Kier alpha value is -0.570. The zero-order chi connectivity index (χ0) is 14.4. The van der Waals surface area contributed by atoms with Crippen LogP contribution in [0.3, 0.4) is 0 Å². The van der Waals surface area contributed by atoms with E-state index in [9.17, 15) is 4.79 Å². The second-order valence-corrected chi connectivity index (χ2v) is 8.28. The third-order valence-electron chi connectivity index (χ3n) is 6.93. The van der Waals surface area contributed by atoms with Gasteiger partial charge in [-0.05, 0) is 88.1 Å². The molecular formula is C18H30N2O. The molecule has 118 valence electrons. The quantitative estimate of drug-likeness (QED) is 0.866. The van der Waals surface area contributed by atoms with Gasteiger partial charge in [0, 0.05) is 19.0 Å². The first-order valence-corrected chi connectivity index (χ1v) is 9.18. The minimum absolute atomic E-state index is 0.402. The van der Waals surface area contributed by atoms with E-state index in [2.05, 4.69) is 10.2 Å². The summed E-state index contributed by atoms with van der Waals surface area (Å²) in [4.78, 5) is 15.3. The monoisotopic (exact) mass is 290 g/mol. The highest BCUT2D eigenvalue weighted by atomic mass is 16.2. The molecule has 0 unspecified atom stereocenters. The number of carbonyl (C=O) groups excluding carboxylic acids is 1. The van der Waals surface area contributed by atoms with Gasteiger partial charge in [0.05, 0.1) is 0 Å². The van der Waals surface area contributed by atoms with Crippen LogP contribution in [-0.4, -0.2) is 37.5 Å². The Morgan fingerprint density at radius 3 is 2.10 bits per heavy atom. The Kier molecular flexibility index (Phi) is 3.72. The smallest absolute Gasteiger partial charge is 0.226 e. The van der Waals surface area contributed by atoms with Crippen molar-refractivity contribution in [3.05, 3.63) is 0 Å². The van der Waals surface area contributed by atoms with E-state index in [0.717, 1.165) is 49.2 Å². The predicted octanol–water partition coefficient (Wildman–Crippen LogP) is 2.52. The van der Waals surface area contributed by atoms with Crippen LogP contribution in [0.2, 0.25) is 0 Å². The summed E-state index contributed by atoms with van der Waals surface area (Å²) in [7, 11) is 2.03. The number of nitrogens with zero attached hydrogens (tertiary/aromatic N) is 1. The molecule has 1 amide bonds. The molecule has 1 N–H and O–H groups in total. The van der Waals surface area contributed by atoms with Gasteiger partial charge < -0.3 is 10.2 Å². The average molecular weight is 290 g/mol. The van der Waals surface area contributed by atoms with Crippen molar-refractivity contribution in [3.8, 4) is 0 Å². The van der Waals surface area contributed by atoms with Gasteiger partial charge in [-0.2, -0.15) is 0 Å². The maximum Gasteiger partial charge on any atom is 0.226 e. The summed E-state index contributed by atoms with van der Waals surface area (Å²) in [6.07, 6.45) is 9.31. The van der Waals surface area contributed by atoms with Gasteiger partial charge >= 0.3 is 0 Å². The number of nitrogens with one attached hydrogen (secondary N) is 1. The van der Waals surface area contributed by atoms with Gasteiger partial charge in [-0.25, -0.2) is 0 Å². The molecule has 4 aliphatic carbocycles. The van der Waals surface area contributed by atoms with E-state index in [0.29, 0.717) is 11.8 Å². The molecule has 3 nitrogen and oxygen atoms in total. The lowest BCUT2D eigenvalue weighted by Gasteiger charge is -2.54. The zero-order valence-corrected chi connectivity index (χ0v) is 13.4.